The Morgan fingerprint density at radius 3 is 2.58 bits per heavy atom. The van der Waals surface area contributed by atoms with E-state index in [-0.39, 0.29) is 11.9 Å². The van der Waals surface area contributed by atoms with Crippen LogP contribution < -0.4 is 0 Å². The van der Waals surface area contributed by atoms with Crippen LogP contribution in [0.2, 0.25) is 0 Å². The van der Waals surface area contributed by atoms with Crippen molar-refractivity contribution in [3.05, 3.63) is 22.5 Å². The maximum atomic E-state index is 11.8. The van der Waals surface area contributed by atoms with Gasteiger partial charge in [0.2, 0.25) is 0 Å². The normalized spacial score (nSPS) is 14.2. The van der Waals surface area contributed by atoms with Gasteiger partial charge in [0.05, 0.1) is 6.61 Å². The molecule has 0 spiro atoms. The van der Waals surface area contributed by atoms with Crippen molar-refractivity contribution >= 4 is 16.8 Å². The van der Waals surface area contributed by atoms with Crippen LogP contribution in [0.15, 0.2) is 0 Å². The first kappa shape index (κ1) is 16.0. The molecule has 0 amide bonds. The van der Waals surface area contributed by atoms with E-state index in [1.165, 1.54) is 0 Å². The molecular weight excluding hydrogens is 262 g/mol. The van der Waals surface area contributed by atoms with Crippen molar-refractivity contribution in [2.24, 2.45) is 0 Å². The minimum atomic E-state index is -0.780. The van der Waals surface area contributed by atoms with Gasteiger partial charge < -0.3 is 9.72 Å². The molecular formula is C14H23NO3S. The largest absolute Gasteiger partial charge is 0.461 e. The lowest BCUT2D eigenvalue weighted by Gasteiger charge is -2.12. The summed E-state index contributed by atoms with van der Waals surface area (Å²) in [6.45, 7) is 8.17. The highest BCUT2D eigenvalue weighted by molar-refractivity contribution is 7.84. The summed E-state index contributed by atoms with van der Waals surface area (Å²) in [6.07, 6.45) is 2.57. The standard InChI is InChI=1S/C14H23NO3S/c1-6-18-14(16)13-10(3)12(11(4)15-13)9(2)7-8-19(5)17/h9,15H,6-8H2,1-5H3/t9-,19?/m0/s1. The third kappa shape index (κ3) is 3.93. The van der Waals surface area contributed by atoms with Gasteiger partial charge in [-0.2, -0.15) is 0 Å². The molecule has 19 heavy (non-hydrogen) atoms. The van der Waals surface area contributed by atoms with E-state index in [2.05, 4.69) is 11.9 Å². The lowest BCUT2D eigenvalue weighted by Crippen LogP contribution is -2.07. The molecule has 4 nitrogen and oxygen atoms in total. The lowest BCUT2D eigenvalue weighted by atomic mass is 9.95. The van der Waals surface area contributed by atoms with E-state index in [0.29, 0.717) is 18.1 Å². The zero-order valence-corrected chi connectivity index (χ0v) is 13.1. The Labute approximate surface area is 117 Å². The summed E-state index contributed by atoms with van der Waals surface area (Å²) in [5.74, 6) is 0.656. The molecule has 1 rings (SSSR count). The number of rotatable bonds is 6. The molecule has 108 valence electrons. The van der Waals surface area contributed by atoms with Crippen LogP contribution in [-0.2, 0) is 15.5 Å². The average Bonchev–Trinajstić information content (AvgIpc) is 2.62. The number of nitrogens with one attached hydrogen (secondary N) is 1. The van der Waals surface area contributed by atoms with Gasteiger partial charge in [-0.25, -0.2) is 4.79 Å². The predicted molar refractivity (Wildman–Crippen MR) is 78.2 cm³/mol. The summed E-state index contributed by atoms with van der Waals surface area (Å²) < 4.78 is 16.2. The number of aryl methyl sites for hydroxylation is 1. The van der Waals surface area contributed by atoms with E-state index < -0.39 is 10.8 Å². The zero-order valence-electron chi connectivity index (χ0n) is 12.3. The number of hydrogen-bond acceptors (Lipinski definition) is 3. The smallest absolute Gasteiger partial charge is 0.355 e. The Balaban J connectivity index is 2.96. The van der Waals surface area contributed by atoms with Crippen LogP contribution in [0.3, 0.4) is 0 Å². The van der Waals surface area contributed by atoms with Crippen molar-refractivity contribution in [1.29, 1.82) is 0 Å². The van der Waals surface area contributed by atoms with Gasteiger partial charge >= 0.3 is 5.97 Å². The van der Waals surface area contributed by atoms with E-state index in [9.17, 15) is 9.00 Å². The SMILES string of the molecule is CCOC(=O)c1[nH]c(C)c([C@@H](C)CCS(C)=O)c1C. The second kappa shape index (κ2) is 6.89. The van der Waals surface area contributed by atoms with Gasteiger partial charge in [-0.05, 0) is 44.2 Å². The molecule has 1 aromatic rings. The van der Waals surface area contributed by atoms with Crippen LogP contribution in [-0.4, -0.2) is 33.8 Å². The molecule has 0 saturated carbocycles. The first-order valence-electron chi connectivity index (χ1n) is 6.54. The second-order valence-corrected chi connectivity index (χ2v) is 6.41. The molecule has 0 saturated heterocycles. The number of carbonyl (C=O) groups is 1. The number of ether oxygens (including phenoxy) is 1. The Kier molecular flexibility index (Phi) is 5.79. The van der Waals surface area contributed by atoms with Crippen molar-refractivity contribution in [2.75, 3.05) is 18.6 Å². The van der Waals surface area contributed by atoms with Crippen LogP contribution >= 0.6 is 0 Å². The predicted octanol–water partition coefficient (Wildman–Crippen LogP) is 2.68. The van der Waals surface area contributed by atoms with Crippen LogP contribution in [0.4, 0.5) is 0 Å². The highest BCUT2D eigenvalue weighted by Crippen LogP contribution is 2.28. The summed E-state index contributed by atoms with van der Waals surface area (Å²) in [5, 5.41) is 0. The molecule has 0 aliphatic rings. The number of hydrogen-bond donors (Lipinski definition) is 1. The Morgan fingerprint density at radius 1 is 1.42 bits per heavy atom. The van der Waals surface area contributed by atoms with Crippen molar-refractivity contribution in [1.82, 2.24) is 4.98 Å². The highest BCUT2D eigenvalue weighted by atomic mass is 32.2. The Bertz CT molecular complexity index is 479. The maximum Gasteiger partial charge on any atom is 0.355 e. The fraction of sp³-hybridized carbons (Fsp3) is 0.643. The molecule has 0 aliphatic carbocycles. The van der Waals surface area contributed by atoms with Crippen LogP contribution in [0, 0.1) is 13.8 Å². The van der Waals surface area contributed by atoms with E-state index in [1.54, 1.807) is 13.2 Å². The summed E-state index contributed by atoms with van der Waals surface area (Å²) in [7, 11) is -0.780. The monoisotopic (exact) mass is 285 g/mol. The maximum absolute atomic E-state index is 11.8. The molecule has 0 radical (unpaired) electrons. The van der Waals surface area contributed by atoms with Crippen LogP contribution in [0.25, 0.3) is 0 Å². The van der Waals surface area contributed by atoms with Gasteiger partial charge in [-0.3, -0.25) is 4.21 Å². The quantitative estimate of drug-likeness (QED) is 0.817. The second-order valence-electron chi connectivity index (χ2n) is 4.85. The topological polar surface area (TPSA) is 59.2 Å². The summed E-state index contributed by atoms with van der Waals surface area (Å²) >= 11 is 0. The van der Waals surface area contributed by atoms with Crippen molar-refractivity contribution in [3.8, 4) is 0 Å². The number of aromatic amines is 1. The minimum absolute atomic E-state index is 0.281. The number of H-pyrrole nitrogens is 1. The van der Waals surface area contributed by atoms with Crippen LogP contribution in [0.5, 0.6) is 0 Å². The molecule has 0 fully saturated rings. The first-order valence-corrected chi connectivity index (χ1v) is 8.27. The average molecular weight is 285 g/mol. The van der Waals surface area contributed by atoms with E-state index in [0.717, 1.165) is 23.2 Å². The lowest BCUT2D eigenvalue weighted by molar-refractivity contribution is 0.0519. The minimum Gasteiger partial charge on any atom is -0.461 e. The van der Waals surface area contributed by atoms with Crippen molar-refractivity contribution in [3.63, 3.8) is 0 Å². The first-order chi connectivity index (χ1) is 8.88. The summed E-state index contributed by atoms with van der Waals surface area (Å²) in [6, 6.07) is 0. The molecule has 1 heterocycles. The van der Waals surface area contributed by atoms with Gasteiger partial charge in [0, 0.05) is 28.5 Å². The number of carbonyl (C=O) groups excluding carboxylic acids is 1. The molecule has 1 N–H and O–H groups in total. The molecule has 0 bridgehead atoms. The van der Waals surface area contributed by atoms with Crippen LogP contribution in [0.1, 0.15) is 53.5 Å². The molecule has 0 aliphatic heterocycles. The fourth-order valence-electron chi connectivity index (χ4n) is 2.40. The van der Waals surface area contributed by atoms with E-state index in [4.69, 9.17) is 4.74 Å². The third-order valence-electron chi connectivity index (χ3n) is 3.31. The number of aromatic nitrogens is 1. The van der Waals surface area contributed by atoms with Gasteiger partial charge in [0.15, 0.2) is 0 Å². The Hall–Kier alpha value is -1.10. The van der Waals surface area contributed by atoms with E-state index in [1.807, 2.05) is 13.8 Å². The molecule has 0 aromatic carbocycles. The fourth-order valence-corrected chi connectivity index (χ4v) is 3.08. The van der Waals surface area contributed by atoms with Gasteiger partial charge in [-0.1, -0.05) is 6.92 Å². The molecule has 2 atom stereocenters. The molecule has 1 aromatic heterocycles. The number of esters is 1. The zero-order chi connectivity index (χ0) is 14.6. The summed E-state index contributed by atoms with van der Waals surface area (Å²) in [5.41, 5.74) is 3.63. The molecule has 1 unspecified atom stereocenters. The summed E-state index contributed by atoms with van der Waals surface area (Å²) in [4.78, 5) is 14.9. The van der Waals surface area contributed by atoms with Gasteiger partial charge in [-0.15, -0.1) is 0 Å². The molecule has 5 heteroatoms. The van der Waals surface area contributed by atoms with Gasteiger partial charge in [0.1, 0.15) is 5.69 Å². The van der Waals surface area contributed by atoms with E-state index >= 15 is 0 Å². The Morgan fingerprint density at radius 2 is 2.05 bits per heavy atom. The third-order valence-corrected chi connectivity index (χ3v) is 4.12. The van der Waals surface area contributed by atoms with Crippen molar-refractivity contribution in [2.45, 2.75) is 40.0 Å². The van der Waals surface area contributed by atoms with Crippen molar-refractivity contribution < 1.29 is 13.7 Å². The highest BCUT2D eigenvalue weighted by Gasteiger charge is 2.21. The van der Waals surface area contributed by atoms with Gasteiger partial charge in [0.25, 0.3) is 0 Å².